The van der Waals surface area contributed by atoms with Crippen LogP contribution in [0.4, 0.5) is 10.5 Å². The number of hydrogen-bond acceptors (Lipinski definition) is 5. The highest BCUT2D eigenvalue weighted by Gasteiger charge is 2.26. The van der Waals surface area contributed by atoms with Crippen molar-refractivity contribution in [1.29, 1.82) is 0 Å². The summed E-state index contributed by atoms with van der Waals surface area (Å²) in [7, 11) is 0. The molecule has 9 nitrogen and oxygen atoms in total. The standard InChI is InChI=1S/C25H36N4O5/c1-8-10-21(34-25(33)26-16(5)9-2)19-11-13-20(14-12-19)29-23(31)17(6)27-24(32)22(15(3)4)28-18(7)30/h1,11-17,21-22H,9-10H2,2-7H3,(H,26,33)(H,27,32)(H,28,30)(H,29,31)/t16-,17?,21?,22+/m1/s1. The maximum atomic E-state index is 12.5. The Morgan fingerprint density at radius 3 is 2.09 bits per heavy atom. The van der Waals surface area contributed by atoms with Crippen LogP contribution in [0.5, 0.6) is 0 Å². The summed E-state index contributed by atoms with van der Waals surface area (Å²) in [5.74, 6) is 1.18. The molecule has 1 rings (SSSR count). The highest BCUT2D eigenvalue weighted by atomic mass is 16.6. The van der Waals surface area contributed by atoms with Crippen molar-refractivity contribution in [2.45, 2.75) is 78.6 Å². The molecule has 0 aliphatic heterocycles. The number of alkyl carbamates (subject to hydrolysis) is 1. The van der Waals surface area contributed by atoms with Gasteiger partial charge in [-0.25, -0.2) is 4.79 Å². The number of rotatable bonds is 11. The third kappa shape index (κ3) is 9.53. The van der Waals surface area contributed by atoms with Crippen LogP contribution < -0.4 is 21.3 Å². The summed E-state index contributed by atoms with van der Waals surface area (Å²) in [4.78, 5) is 48.4. The number of nitrogens with one attached hydrogen (secondary N) is 4. The lowest BCUT2D eigenvalue weighted by Crippen LogP contribution is -2.53. The normalized spacial score (nSPS) is 14.1. The van der Waals surface area contributed by atoms with E-state index in [4.69, 9.17) is 11.2 Å². The van der Waals surface area contributed by atoms with Crippen LogP contribution >= 0.6 is 0 Å². The summed E-state index contributed by atoms with van der Waals surface area (Å²) in [6.45, 7) is 10.3. The number of carbonyl (C=O) groups excluding carboxylic acids is 4. The van der Waals surface area contributed by atoms with Crippen LogP contribution in [0, 0.1) is 18.3 Å². The van der Waals surface area contributed by atoms with Crippen LogP contribution in [0.2, 0.25) is 0 Å². The van der Waals surface area contributed by atoms with Gasteiger partial charge in [0.05, 0.1) is 6.42 Å². The average Bonchev–Trinajstić information content (AvgIpc) is 2.77. The predicted molar refractivity (Wildman–Crippen MR) is 131 cm³/mol. The molecule has 2 unspecified atom stereocenters. The molecule has 0 aromatic heterocycles. The first kappa shape index (κ1) is 28.5. The van der Waals surface area contributed by atoms with Crippen LogP contribution in [0.3, 0.4) is 0 Å². The number of hydrogen-bond donors (Lipinski definition) is 4. The Kier molecular flexibility index (Phi) is 11.6. The molecule has 4 N–H and O–H groups in total. The second-order valence-electron chi connectivity index (χ2n) is 8.52. The molecule has 1 aromatic rings. The van der Waals surface area contributed by atoms with E-state index in [1.165, 1.54) is 6.92 Å². The van der Waals surface area contributed by atoms with Gasteiger partial charge in [0.1, 0.15) is 18.2 Å². The molecule has 186 valence electrons. The lowest BCUT2D eigenvalue weighted by atomic mass is 10.0. The molecule has 0 bridgehead atoms. The second-order valence-corrected chi connectivity index (χ2v) is 8.52. The van der Waals surface area contributed by atoms with Gasteiger partial charge in [0.15, 0.2) is 0 Å². The molecular weight excluding hydrogens is 436 g/mol. The van der Waals surface area contributed by atoms with E-state index in [1.54, 1.807) is 45.0 Å². The van der Waals surface area contributed by atoms with Crippen LogP contribution in [-0.2, 0) is 19.1 Å². The SMILES string of the molecule is C#CCC(OC(=O)N[C@H](C)CC)c1ccc(NC(=O)C(C)NC(=O)[C@@H](NC(C)=O)C(C)C)cc1. The van der Waals surface area contributed by atoms with E-state index in [1.807, 2.05) is 13.8 Å². The van der Waals surface area contributed by atoms with Crippen molar-refractivity contribution in [3.63, 3.8) is 0 Å². The molecule has 0 aliphatic rings. The van der Waals surface area contributed by atoms with Crippen molar-refractivity contribution < 1.29 is 23.9 Å². The van der Waals surface area contributed by atoms with Crippen molar-refractivity contribution in [1.82, 2.24) is 16.0 Å². The summed E-state index contributed by atoms with van der Waals surface area (Å²) < 4.78 is 5.46. The maximum Gasteiger partial charge on any atom is 0.407 e. The van der Waals surface area contributed by atoms with Gasteiger partial charge >= 0.3 is 6.09 Å². The molecule has 0 spiro atoms. The van der Waals surface area contributed by atoms with Gasteiger partial charge in [-0.1, -0.05) is 32.9 Å². The molecule has 9 heteroatoms. The van der Waals surface area contributed by atoms with Gasteiger partial charge < -0.3 is 26.0 Å². The molecule has 0 saturated carbocycles. The molecule has 1 aromatic carbocycles. The van der Waals surface area contributed by atoms with Gasteiger partial charge in [0.2, 0.25) is 17.7 Å². The zero-order valence-electron chi connectivity index (χ0n) is 20.7. The van der Waals surface area contributed by atoms with Crippen LogP contribution in [0.25, 0.3) is 0 Å². The fourth-order valence-corrected chi connectivity index (χ4v) is 2.96. The van der Waals surface area contributed by atoms with Gasteiger partial charge in [0.25, 0.3) is 0 Å². The number of carbonyl (C=O) groups is 4. The van der Waals surface area contributed by atoms with Gasteiger partial charge in [-0.2, -0.15) is 0 Å². The fraction of sp³-hybridized carbons (Fsp3) is 0.520. The van der Waals surface area contributed by atoms with Crippen LogP contribution in [-0.4, -0.2) is 41.9 Å². The Balaban J connectivity index is 2.77. The molecule has 4 atom stereocenters. The topological polar surface area (TPSA) is 126 Å². The molecule has 0 radical (unpaired) electrons. The quantitative estimate of drug-likeness (QED) is 0.369. The molecule has 34 heavy (non-hydrogen) atoms. The molecule has 0 heterocycles. The lowest BCUT2D eigenvalue weighted by molar-refractivity contribution is -0.131. The van der Waals surface area contributed by atoms with Gasteiger partial charge in [-0.05, 0) is 43.9 Å². The van der Waals surface area contributed by atoms with Crippen molar-refractivity contribution in [3.05, 3.63) is 29.8 Å². The number of anilines is 1. The monoisotopic (exact) mass is 472 g/mol. The third-order valence-corrected chi connectivity index (χ3v) is 5.14. The van der Waals surface area contributed by atoms with E-state index < -0.39 is 36.1 Å². The third-order valence-electron chi connectivity index (χ3n) is 5.14. The molecule has 4 amide bonds. The summed E-state index contributed by atoms with van der Waals surface area (Å²) in [6, 6.07) is 5.16. The highest BCUT2D eigenvalue weighted by Crippen LogP contribution is 2.23. The summed E-state index contributed by atoms with van der Waals surface area (Å²) >= 11 is 0. The smallest absolute Gasteiger partial charge is 0.407 e. The molecule has 0 saturated heterocycles. The average molecular weight is 473 g/mol. The fourth-order valence-electron chi connectivity index (χ4n) is 2.96. The number of terminal acetylenes is 1. The van der Waals surface area contributed by atoms with Gasteiger partial charge in [0, 0.05) is 18.7 Å². The first-order valence-corrected chi connectivity index (χ1v) is 11.4. The van der Waals surface area contributed by atoms with Crippen molar-refractivity contribution in [3.8, 4) is 12.3 Å². The Morgan fingerprint density at radius 2 is 1.59 bits per heavy atom. The minimum Gasteiger partial charge on any atom is -0.440 e. The van der Waals surface area contributed by atoms with Crippen LogP contribution in [0.15, 0.2) is 24.3 Å². The van der Waals surface area contributed by atoms with Crippen molar-refractivity contribution in [2.24, 2.45) is 5.92 Å². The van der Waals surface area contributed by atoms with E-state index in [-0.39, 0.29) is 24.3 Å². The first-order chi connectivity index (χ1) is 16.0. The highest BCUT2D eigenvalue weighted by molar-refractivity contribution is 5.98. The molecule has 0 aliphatic carbocycles. The summed E-state index contributed by atoms with van der Waals surface area (Å²) in [6.07, 6.45) is 5.23. The van der Waals surface area contributed by atoms with E-state index >= 15 is 0 Å². The van der Waals surface area contributed by atoms with E-state index in [9.17, 15) is 19.2 Å². The van der Waals surface area contributed by atoms with E-state index in [0.717, 1.165) is 6.42 Å². The van der Waals surface area contributed by atoms with Gasteiger partial charge in [-0.15, -0.1) is 12.3 Å². The summed E-state index contributed by atoms with van der Waals surface area (Å²) in [5, 5.41) is 10.7. The Bertz CT molecular complexity index is 892. The largest absolute Gasteiger partial charge is 0.440 e. The minimum atomic E-state index is -0.830. The predicted octanol–water partition coefficient (Wildman–Crippen LogP) is 2.88. The van der Waals surface area contributed by atoms with E-state index in [2.05, 4.69) is 27.2 Å². The van der Waals surface area contributed by atoms with Crippen molar-refractivity contribution in [2.75, 3.05) is 5.32 Å². The van der Waals surface area contributed by atoms with Gasteiger partial charge in [-0.3, -0.25) is 14.4 Å². The summed E-state index contributed by atoms with van der Waals surface area (Å²) in [5.41, 5.74) is 1.19. The first-order valence-electron chi connectivity index (χ1n) is 11.4. The van der Waals surface area contributed by atoms with Crippen LogP contribution in [0.1, 0.15) is 66.1 Å². The molecular formula is C25H36N4O5. The zero-order valence-corrected chi connectivity index (χ0v) is 20.7. The second kappa shape index (κ2) is 13.9. The molecule has 0 fully saturated rings. The van der Waals surface area contributed by atoms with Crippen molar-refractivity contribution >= 4 is 29.5 Å². The van der Waals surface area contributed by atoms with E-state index in [0.29, 0.717) is 11.3 Å². The Morgan fingerprint density at radius 1 is 0.971 bits per heavy atom. The number of benzene rings is 1. The number of amides is 4. The lowest BCUT2D eigenvalue weighted by Gasteiger charge is -2.23. The Hall–Kier alpha value is -3.54. The minimum absolute atomic E-state index is 0.0203. The number of ether oxygens (including phenoxy) is 1. The maximum absolute atomic E-state index is 12.5. The Labute approximate surface area is 201 Å². The zero-order chi connectivity index (χ0) is 25.8.